The number of anilines is 1. The lowest BCUT2D eigenvalue weighted by molar-refractivity contribution is 0.0161. The Labute approximate surface area is 153 Å². The van der Waals surface area contributed by atoms with Gasteiger partial charge in [0.25, 0.3) is 10.0 Å². The molecule has 0 radical (unpaired) electrons. The van der Waals surface area contributed by atoms with E-state index in [4.69, 9.17) is 9.47 Å². The van der Waals surface area contributed by atoms with Gasteiger partial charge in [-0.25, -0.2) is 13.2 Å². The highest BCUT2D eigenvalue weighted by molar-refractivity contribution is 7.92. The molecule has 1 aliphatic rings. The molecule has 1 heterocycles. The number of hydrogen-bond donors (Lipinski definition) is 0. The van der Waals surface area contributed by atoms with Crippen LogP contribution in [-0.4, -0.2) is 40.8 Å². The summed E-state index contributed by atoms with van der Waals surface area (Å²) < 4.78 is 37.5. The van der Waals surface area contributed by atoms with Crippen LogP contribution >= 0.6 is 0 Å². The zero-order valence-corrected chi connectivity index (χ0v) is 15.3. The molecule has 7 heteroatoms. The zero-order chi connectivity index (χ0) is 18.6. The van der Waals surface area contributed by atoms with Crippen LogP contribution in [0.3, 0.4) is 0 Å². The van der Waals surface area contributed by atoms with Crippen LogP contribution in [-0.2, 0) is 19.5 Å². The lowest BCUT2D eigenvalue weighted by Gasteiger charge is -2.19. The lowest BCUT2D eigenvalue weighted by Crippen LogP contribution is -2.26. The highest BCUT2D eigenvalue weighted by atomic mass is 32.2. The standard InChI is InChI=1S/C19H21NO5S/c1-20(16-8-3-2-4-9-16)26(22,23)18-11-5-7-15(13-18)19(21)25-14-17-10-6-12-24-17/h2-5,7-9,11,13,17H,6,10,12,14H2,1H3. The summed E-state index contributed by atoms with van der Waals surface area (Å²) in [5, 5.41) is 0. The Hall–Kier alpha value is -2.38. The van der Waals surface area contributed by atoms with Crippen molar-refractivity contribution in [1.29, 1.82) is 0 Å². The predicted molar refractivity (Wildman–Crippen MR) is 97.7 cm³/mol. The Morgan fingerprint density at radius 1 is 1.19 bits per heavy atom. The highest BCUT2D eigenvalue weighted by Crippen LogP contribution is 2.22. The number of benzene rings is 2. The normalized spacial score (nSPS) is 17.0. The van der Waals surface area contributed by atoms with Gasteiger partial charge in [-0.3, -0.25) is 4.31 Å². The van der Waals surface area contributed by atoms with E-state index in [0.717, 1.165) is 12.8 Å². The number of rotatable bonds is 6. The summed E-state index contributed by atoms with van der Waals surface area (Å²) in [6.45, 7) is 0.863. The molecule has 0 amide bonds. The first kappa shape index (κ1) is 18.4. The van der Waals surface area contributed by atoms with Crippen molar-refractivity contribution in [3.63, 3.8) is 0 Å². The van der Waals surface area contributed by atoms with Crippen LogP contribution in [0.2, 0.25) is 0 Å². The van der Waals surface area contributed by atoms with Crippen LogP contribution in [0.5, 0.6) is 0 Å². The third-order valence-corrected chi connectivity index (χ3v) is 6.05. The molecule has 2 aromatic carbocycles. The van der Waals surface area contributed by atoms with Crippen LogP contribution < -0.4 is 4.31 Å². The molecule has 6 nitrogen and oxygen atoms in total. The maximum Gasteiger partial charge on any atom is 0.338 e. The highest BCUT2D eigenvalue weighted by Gasteiger charge is 2.23. The fourth-order valence-electron chi connectivity index (χ4n) is 2.75. The molecule has 0 N–H and O–H groups in total. The molecule has 1 saturated heterocycles. The van der Waals surface area contributed by atoms with Crippen LogP contribution in [0.1, 0.15) is 23.2 Å². The molecule has 2 aromatic rings. The second kappa shape index (κ2) is 7.88. The van der Waals surface area contributed by atoms with Gasteiger partial charge in [0.15, 0.2) is 0 Å². The molecule has 3 rings (SSSR count). The first-order chi connectivity index (χ1) is 12.5. The number of nitrogens with zero attached hydrogens (tertiary/aromatic N) is 1. The summed E-state index contributed by atoms with van der Waals surface area (Å²) >= 11 is 0. The summed E-state index contributed by atoms with van der Waals surface area (Å²) in [7, 11) is -2.30. The van der Waals surface area contributed by atoms with Crippen molar-refractivity contribution in [2.75, 3.05) is 24.6 Å². The van der Waals surface area contributed by atoms with Gasteiger partial charge in [-0.2, -0.15) is 0 Å². The van der Waals surface area contributed by atoms with E-state index in [0.29, 0.717) is 12.3 Å². The topological polar surface area (TPSA) is 72.9 Å². The van der Waals surface area contributed by atoms with E-state index >= 15 is 0 Å². The number of hydrogen-bond acceptors (Lipinski definition) is 5. The van der Waals surface area contributed by atoms with Crippen LogP contribution in [0, 0.1) is 0 Å². The van der Waals surface area contributed by atoms with E-state index in [-0.39, 0.29) is 23.2 Å². The summed E-state index contributed by atoms with van der Waals surface area (Å²) in [5.74, 6) is -0.556. The van der Waals surface area contributed by atoms with E-state index in [1.165, 1.54) is 29.6 Å². The van der Waals surface area contributed by atoms with Gasteiger partial charge in [0, 0.05) is 13.7 Å². The Morgan fingerprint density at radius 3 is 2.65 bits per heavy atom. The summed E-state index contributed by atoms with van der Waals surface area (Å²) in [4.78, 5) is 12.3. The molecule has 0 saturated carbocycles. The number of carbonyl (C=O) groups is 1. The minimum atomic E-state index is -3.78. The van der Waals surface area contributed by atoms with Crippen molar-refractivity contribution in [3.05, 3.63) is 60.2 Å². The summed E-state index contributed by atoms with van der Waals surface area (Å²) in [5.41, 5.74) is 0.740. The minimum Gasteiger partial charge on any atom is -0.459 e. The maximum absolute atomic E-state index is 12.8. The van der Waals surface area contributed by atoms with Gasteiger partial charge in [-0.15, -0.1) is 0 Å². The summed E-state index contributed by atoms with van der Waals surface area (Å²) in [6.07, 6.45) is 1.75. The third-order valence-electron chi connectivity index (χ3n) is 4.27. The van der Waals surface area contributed by atoms with Crippen LogP contribution in [0.4, 0.5) is 5.69 Å². The molecule has 0 aromatic heterocycles. The molecule has 1 atom stereocenters. The molecule has 0 aliphatic carbocycles. The minimum absolute atomic E-state index is 0.0374. The van der Waals surface area contributed by atoms with Gasteiger partial charge in [0.2, 0.25) is 0 Å². The van der Waals surface area contributed by atoms with E-state index in [1.54, 1.807) is 30.3 Å². The van der Waals surface area contributed by atoms with Gasteiger partial charge in [0.1, 0.15) is 6.61 Å². The number of esters is 1. The number of ether oxygens (including phenoxy) is 2. The third kappa shape index (κ3) is 4.05. The van der Waals surface area contributed by atoms with Gasteiger partial charge in [0.05, 0.1) is 22.3 Å². The van der Waals surface area contributed by atoms with Crippen molar-refractivity contribution >= 4 is 21.7 Å². The average Bonchev–Trinajstić information content (AvgIpc) is 3.20. The zero-order valence-electron chi connectivity index (χ0n) is 14.5. The smallest absolute Gasteiger partial charge is 0.338 e. The van der Waals surface area contributed by atoms with E-state index < -0.39 is 16.0 Å². The number of carbonyl (C=O) groups excluding carboxylic acids is 1. The van der Waals surface area contributed by atoms with Gasteiger partial charge < -0.3 is 9.47 Å². The average molecular weight is 375 g/mol. The van der Waals surface area contributed by atoms with Crippen molar-refractivity contribution in [2.45, 2.75) is 23.8 Å². The van der Waals surface area contributed by atoms with Crippen LogP contribution in [0.25, 0.3) is 0 Å². The molecule has 0 spiro atoms. The maximum atomic E-state index is 12.8. The van der Waals surface area contributed by atoms with E-state index in [9.17, 15) is 13.2 Å². The SMILES string of the molecule is CN(c1ccccc1)S(=O)(=O)c1cccc(C(=O)OCC2CCCO2)c1. The van der Waals surface area contributed by atoms with Gasteiger partial charge >= 0.3 is 5.97 Å². The molecule has 138 valence electrons. The largest absolute Gasteiger partial charge is 0.459 e. The van der Waals surface area contributed by atoms with Gasteiger partial charge in [-0.1, -0.05) is 24.3 Å². The monoisotopic (exact) mass is 375 g/mol. The van der Waals surface area contributed by atoms with Crippen LogP contribution in [0.15, 0.2) is 59.5 Å². The Morgan fingerprint density at radius 2 is 1.96 bits per heavy atom. The quantitative estimate of drug-likeness (QED) is 0.726. The van der Waals surface area contributed by atoms with Crippen molar-refractivity contribution in [3.8, 4) is 0 Å². The molecule has 26 heavy (non-hydrogen) atoms. The fourth-order valence-corrected chi connectivity index (χ4v) is 3.99. The molecule has 1 unspecified atom stereocenters. The first-order valence-corrected chi connectivity index (χ1v) is 9.85. The van der Waals surface area contributed by atoms with Crippen molar-refractivity contribution < 1.29 is 22.7 Å². The number of sulfonamides is 1. The lowest BCUT2D eigenvalue weighted by atomic mass is 10.2. The van der Waals surface area contributed by atoms with Gasteiger partial charge in [-0.05, 0) is 43.2 Å². The van der Waals surface area contributed by atoms with E-state index in [1.807, 2.05) is 6.07 Å². The second-order valence-electron chi connectivity index (χ2n) is 6.07. The van der Waals surface area contributed by atoms with Crippen molar-refractivity contribution in [1.82, 2.24) is 0 Å². The molecule has 0 bridgehead atoms. The predicted octanol–water partition coefficient (Wildman–Crippen LogP) is 2.85. The summed E-state index contributed by atoms with van der Waals surface area (Å²) in [6, 6.07) is 14.6. The fraction of sp³-hybridized carbons (Fsp3) is 0.316. The number of para-hydroxylation sites is 1. The Bertz CT molecular complexity index is 861. The Balaban J connectivity index is 1.76. The molecular weight excluding hydrogens is 354 g/mol. The van der Waals surface area contributed by atoms with E-state index in [2.05, 4.69) is 0 Å². The molecule has 1 aliphatic heterocycles. The Kier molecular flexibility index (Phi) is 5.58. The molecule has 1 fully saturated rings. The molecular formula is C19H21NO5S. The first-order valence-electron chi connectivity index (χ1n) is 8.41. The second-order valence-corrected chi connectivity index (χ2v) is 8.04. The van der Waals surface area contributed by atoms with Crippen molar-refractivity contribution in [2.24, 2.45) is 0 Å².